The normalized spacial score (nSPS) is 10.6. The van der Waals surface area contributed by atoms with Crippen molar-refractivity contribution in [2.24, 2.45) is 0 Å². The molecule has 1 heterocycles. The van der Waals surface area contributed by atoms with E-state index in [4.69, 9.17) is 14.6 Å². The molecule has 1 aromatic carbocycles. The minimum atomic E-state index is -0.368. The molecule has 118 valence electrons. The number of aryl methyl sites for hydroxylation is 2. The number of nitrogens with zero attached hydrogens (tertiary/aromatic N) is 1. The Balaban J connectivity index is 2.48. The Morgan fingerprint density at radius 3 is 2.64 bits per heavy atom. The average molecular weight is 304 g/mol. The summed E-state index contributed by atoms with van der Waals surface area (Å²) in [4.78, 5) is 11.9. The van der Waals surface area contributed by atoms with Crippen LogP contribution < -0.4 is 4.74 Å². The summed E-state index contributed by atoms with van der Waals surface area (Å²) in [5.74, 6) is 0.0799. The Labute approximate surface area is 129 Å². The topological polar surface area (TPSA) is 84.4 Å². The van der Waals surface area contributed by atoms with Gasteiger partial charge in [0, 0.05) is 11.1 Å². The first-order valence-corrected chi connectivity index (χ1v) is 6.98. The Bertz CT molecular complexity index is 692. The largest absolute Gasteiger partial charge is 0.474 e. The SMILES string of the molecule is COC(=O)c1cc(-c2[nH]nc(OCCO)c2C)c(C)cc1C. The molecule has 0 atom stereocenters. The highest BCUT2D eigenvalue weighted by atomic mass is 16.5. The second-order valence-corrected chi connectivity index (χ2v) is 5.07. The van der Waals surface area contributed by atoms with Crippen molar-refractivity contribution in [3.8, 4) is 17.1 Å². The zero-order valence-corrected chi connectivity index (χ0v) is 13.2. The number of aromatic amines is 1. The minimum Gasteiger partial charge on any atom is -0.474 e. The van der Waals surface area contributed by atoms with Crippen LogP contribution in [0.1, 0.15) is 27.0 Å². The van der Waals surface area contributed by atoms with Crippen molar-refractivity contribution in [3.05, 3.63) is 34.4 Å². The first-order chi connectivity index (χ1) is 10.5. The highest BCUT2D eigenvalue weighted by molar-refractivity contribution is 5.93. The number of rotatable bonds is 5. The van der Waals surface area contributed by atoms with Crippen LogP contribution in [-0.2, 0) is 4.74 Å². The van der Waals surface area contributed by atoms with Crippen LogP contribution in [0.4, 0.5) is 0 Å². The number of ether oxygens (including phenoxy) is 2. The van der Waals surface area contributed by atoms with E-state index in [1.165, 1.54) is 7.11 Å². The quantitative estimate of drug-likeness (QED) is 0.827. The number of hydrogen-bond acceptors (Lipinski definition) is 5. The van der Waals surface area contributed by atoms with Crippen LogP contribution in [0.3, 0.4) is 0 Å². The van der Waals surface area contributed by atoms with Gasteiger partial charge >= 0.3 is 5.97 Å². The summed E-state index contributed by atoms with van der Waals surface area (Å²) in [6, 6.07) is 3.74. The number of benzene rings is 1. The summed E-state index contributed by atoms with van der Waals surface area (Å²) >= 11 is 0. The van der Waals surface area contributed by atoms with E-state index in [0.29, 0.717) is 11.4 Å². The predicted molar refractivity (Wildman–Crippen MR) is 82.2 cm³/mol. The molecule has 0 saturated carbocycles. The van der Waals surface area contributed by atoms with Crippen LogP contribution in [0.2, 0.25) is 0 Å². The molecule has 0 aliphatic carbocycles. The van der Waals surface area contributed by atoms with Crippen LogP contribution in [0, 0.1) is 20.8 Å². The summed E-state index contributed by atoms with van der Waals surface area (Å²) in [6.45, 7) is 5.84. The van der Waals surface area contributed by atoms with Crippen molar-refractivity contribution in [2.45, 2.75) is 20.8 Å². The Hall–Kier alpha value is -2.34. The van der Waals surface area contributed by atoms with Crippen LogP contribution in [0.5, 0.6) is 5.88 Å². The van der Waals surface area contributed by atoms with Crippen molar-refractivity contribution in [2.75, 3.05) is 20.3 Å². The minimum absolute atomic E-state index is 0.0717. The third-order valence-corrected chi connectivity index (χ3v) is 3.54. The summed E-state index contributed by atoms with van der Waals surface area (Å²) in [5.41, 5.74) is 4.89. The zero-order chi connectivity index (χ0) is 16.3. The van der Waals surface area contributed by atoms with E-state index < -0.39 is 0 Å². The molecular weight excluding hydrogens is 284 g/mol. The lowest BCUT2D eigenvalue weighted by Gasteiger charge is -2.10. The number of carbonyl (C=O) groups is 1. The standard InChI is InChI=1S/C16H20N2O4/c1-9-7-10(2)13(16(20)21-4)8-12(9)14-11(3)15(18-17-14)22-6-5-19/h7-8,19H,5-6H2,1-4H3,(H,17,18). The van der Waals surface area contributed by atoms with Crippen LogP contribution >= 0.6 is 0 Å². The van der Waals surface area contributed by atoms with E-state index in [-0.39, 0.29) is 19.2 Å². The average Bonchev–Trinajstić information content (AvgIpc) is 2.85. The fraction of sp³-hybridized carbons (Fsp3) is 0.375. The molecule has 0 fully saturated rings. The summed E-state index contributed by atoms with van der Waals surface area (Å²) in [6.07, 6.45) is 0. The molecule has 2 N–H and O–H groups in total. The molecule has 0 amide bonds. The van der Waals surface area contributed by atoms with Gasteiger partial charge < -0.3 is 14.6 Å². The number of methoxy groups -OCH3 is 1. The summed E-state index contributed by atoms with van der Waals surface area (Å²) in [7, 11) is 1.36. The molecule has 0 spiro atoms. The Morgan fingerprint density at radius 2 is 2.00 bits per heavy atom. The van der Waals surface area contributed by atoms with Crippen molar-refractivity contribution >= 4 is 5.97 Å². The summed E-state index contributed by atoms with van der Waals surface area (Å²) < 4.78 is 10.2. The molecular formula is C16H20N2O4. The zero-order valence-electron chi connectivity index (χ0n) is 13.2. The molecule has 0 aliphatic rings. The van der Waals surface area contributed by atoms with E-state index in [1.807, 2.05) is 26.8 Å². The van der Waals surface area contributed by atoms with Crippen molar-refractivity contribution in [3.63, 3.8) is 0 Å². The highest BCUT2D eigenvalue weighted by Gasteiger charge is 2.17. The second kappa shape index (κ2) is 6.62. The lowest BCUT2D eigenvalue weighted by atomic mass is 9.96. The van der Waals surface area contributed by atoms with Gasteiger partial charge in [0.1, 0.15) is 6.61 Å². The maximum atomic E-state index is 11.9. The molecule has 0 radical (unpaired) electrons. The van der Waals surface area contributed by atoms with Gasteiger partial charge in [-0.05, 0) is 38.0 Å². The first-order valence-electron chi connectivity index (χ1n) is 6.98. The number of carbonyl (C=O) groups excluding carboxylic acids is 1. The fourth-order valence-corrected chi connectivity index (χ4v) is 2.38. The first kappa shape index (κ1) is 16.0. The number of aliphatic hydroxyl groups excluding tert-OH is 1. The van der Waals surface area contributed by atoms with Gasteiger partial charge in [-0.1, -0.05) is 6.07 Å². The van der Waals surface area contributed by atoms with E-state index in [9.17, 15) is 4.79 Å². The molecule has 0 unspecified atom stereocenters. The van der Waals surface area contributed by atoms with Gasteiger partial charge in [0.2, 0.25) is 5.88 Å². The molecule has 0 bridgehead atoms. The van der Waals surface area contributed by atoms with E-state index in [2.05, 4.69) is 10.2 Å². The molecule has 22 heavy (non-hydrogen) atoms. The van der Waals surface area contributed by atoms with E-state index in [1.54, 1.807) is 6.07 Å². The Kier molecular flexibility index (Phi) is 4.82. The van der Waals surface area contributed by atoms with Gasteiger partial charge in [-0.15, -0.1) is 5.10 Å². The van der Waals surface area contributed by atoms with E-state index >= 15 is 0 Å². The van der Waals surface area contributed by atoms with Crippen molar-refractivity contribution < 1.29 is 19.4 Å². The summed E-state index contributed by atoms with van der Waals surface area (Å²) in [5, 5.41) is 15.9. The number of nitrogens with one attached hydrogen (secondary N) is 1. The van der Waals surface area contributed by atoms with Gasteiger partial charge in [0.25, 0.3) is 0 Å². The monoisotopic (exact) mass is 304 g/mol. The smallest absolute Gasteiger partial charge is 0.338 e. The van der Waals surface area contributed by atoms with Crippen LogP contribution in [0.15, 0.2) is 12.1 Å². The maximum Gasteiger partial charge on any atom is 0.338 e. The molecule has 6 heteroatoms. The maximum absolute atomic E-state index is 11.9. The highest BCUT2D eigenvalue weighted by Crippen LogP contribution is 2.31. The number of H-pyrrole nitrogens is 1. The Morgan fingerprint density at radius 1 is 1.27 bits per heavy atom. The molecule has 0 saturated heterocycles. The number of aromatic nitrogens is 2. The van der Waals surface area contributed by atoms with Gasteiger partial charge in [-0.3, -0.25) is 5.10 Å². The lowest BCUT2D eigenvalue weighted by molar-refractivity contribution is 0.0600. The predicted octanol–water partition coefficient (Wildman–Crippen LogP) is 2.16. The van der Waals surface area contributed by atoms with Gasteiger partial charge in [0.15, 0.2) is 0 Å². The lowest BCUT2D eigenvalue weighted by Crippen LogP contribution is -2.05. The van der Waals surface area contributed by atoms with Gasteiger partial charge in [-0.2, -0.15) is 0 Å². The molecule has 2 aromatic rings. The van der Waals surface area contributed by atoms with Crippen molar-refractivity contribution in [1.82, 2.24) is 10.2 Å². The fourth-order valence-electron chi connectivity index (χ4n) is 2.38. The second-order valence-electron chi connectivity index (χ2n) is 5.07. The van der Waals surface area contributed by atoms with Crippen LogP contribution in [-0.4, -0.2) is 41.6 Å². The van der Waals surface area contributed by atoms with Gasteiger partial charge in [0.05, 0.1) is 25.0 Å². The third-order valence-electron chi connectivity index (χ3n) is 3.54. The third kappa shape index (κ3) is 2.96. The molecule has 6 nitrogen and oxygen atoms in total. The molecule has 0 aliphatic heterocycles. The number of esters is 1. The molecule has 1 aromatic heterocycles. The van der Waals surface area contributed by atoms with E-state index in [0.717, 1.165) is 27.9 Å². The molecule has 2 rings (SSSR count). The van der Waals surface area contributed by atoms with Crippen molar-refractivity contribution in [1.29, 1.82) is 0 Å². The van der Waals surface area contributed by atoms with Gasteiger partial charge in [-0.25, -0.2) is 4.79 Å². The number of hydrogen-bond donors (Lipinski definition) is 2. The number of aliphatic hydroxyl groups is 1. The van der Waals surface area contributed by atoms with Crippen LogP contribution in [0.25, 0.3) is 11.3 Å².